The highest BCUT2D eigenvalue weighted by Gasteiger charge is 2.48. The molecule has 1 unspecified atom stereocenters. The number of nitrogens with two attached hydrogens (primary N) is 1. The van der Waals surface area contributed by atoms with Crippen LogP contribution in [0.1, 0.15) is 53.0 Å². The van der Waals surface area contributed by atoms with Gasteiger partial charge in [0.15, 0.2) is 11.3 Å². The van der Waals surface area contributed by atoms with Gasteiger partial charge in [0.1, 0.15) is 11.7 Å². The molecule has 0 spiro atoms. The Morgan fingerprint density at radius 1 is 1.07 bits per heavy atom. The highest BCUT2D eigenvalue weighted by molar-refractivity contribution is 6.11. The van der Waals surface area contributed by atoms with Crippen molar-refractivity contribution in [3.63, 3.8) is 0 Å². The minimum absolute atomic E-state index is 0.170. The third kappa shape index (κ3) is 3.81. The molecule has 0 aromatic heterocycles. The standard InChI is InChI=1S/C22H22FN3O3/c1-3-12-22(17-8-10-18(23)11-9-17)21(29)26(14(2)25-22)13-19(27)15-4-6-16(7-5-15)20(24)28/h4-11H,3,12-13H2,1-2H3,(H2,24,28). The van der Waals surface area contributed by atoms with Gasteiger partial charge < -0.3 is 5.73 Å². The van der Waals surface area contributed by atoms with Crippen molar-refractivity contribution in [1.29, 1.82) is 0 Å². The second-order valence-corrected chi connectivity index (χ2v) is 7.03. The fourth-order valence-corrected chi connectivity index (χ4v) is 3.58. The lowest BCUT2D eigenvalue weighted by molar-refractivity contribution is -0.131. The van der Waals surface area contributed by atoms with Gasteiger partial charge in [-0.15, -0.1) is 0 Å². The van der Waals surface area contributed by atoms with Crippen LogP contribution in [-0.4, -0.2) is 34.9 Å². The minimum atomic E-state index is -1.15. The van der Waals surface area contributed by atoms with E-state index in [1.807, 2.05) is 6.92 Å². The van der Waals surface area contributed by atoms with Crippen LogP contribution in [-0.2, 0) is 10.3 Å². The molecule has 1 aliphatic heterocycles. The largest absolute Gasteiger partial charge is 0.366 e. The van der Waals surface area contributed by atoms with Gasteiger partial charge in [-0.25, -0.2) is 4.39 Å². The minimum Gasteiger partial charge on any atom is -0.366 e. The average molecular weight is 395 g/mol. The molecular weight excluding hydrogens is 373 g/mol. The first kappa shape index (κ1) is 20.4. The van der Waals surface area contributed by atoms with Crippen LogP contribution in [0.2, 0.25) is 0 Å². The SMILES string of the molecule is CCCC1(c2ccc(F)cc2)N=C(C)N(CC(=O)c2ccc(C(N)=O)cc2)C1=O. The van der Waals surface area contributed by atoms with Crippen molar-refractivity contribution in [3.05, 3.63) is 71.0 Å². The number of benzene rings is 2. The number of carbonyl (C=O) groups excluding carboxylic acids is 3. The zero-order valence-electron chi connectivity index (χ0n) is 16.3. The van der Waals surface area contributed by atoms with E-state index in [0.29, 0.717) is 35.4 Å². The van der Waals surface area contributed by atoms with Gasteiger partial charge in [-0.1, -0.05) is 37.6 Å². The van der Waals surface area contributed by atoms with E-state index in [1.54, 1.807) is 19.1 Å². The van der Waals surface area contributed by atoms with Crippen LogP contribution in [0.15, 0.2) is 53.5 Å². The van der Waals surface area contributed by atoms with E-state index >= 15 is 0 Å². The van der Waals surface area contributed by atoms with Crippen LogP contribution in [0.5, 0.6) is 0 Å². The molecule has 29 heavy (non-hydrogen) atoms. The number of primary amides is 1. The van der Waals surface area contributed by atoms with Crippen molar-refractivity contribution in [3.8, 4) is 0 Å². The highest BCUT2D eigenvalue weighted by atomic mass is 19.1. The zero-order chi connectivity index (χ0) is 21.2. The molecule has 0 saturated carbocycles. The summed E-state index contributed by atoms with van der Waals surface area (Å²) >= 11 is 0. The van der Waals surface area contributed by atoms with Gasteiger partial charge in [0.25, 0.3) is 5.91 Å². The van der Waals surface area contributed by atoms with E-state index in [9.17, 15) is 18.8 Å². The number of nitrogens with zero attached hydrogens (tertiary/aromatic N) is 2. The van der Waals surface area contributed by atoms with Crippen molar-refractivity contribution < 1.29 is 18.8 Å². The zero-order valence-corrected chi connectivity index (χ0v) is 16.3. The molecule has 0 saturated heterocycles. The number of carbonyl (C=O) groups is 3. The van der Waals surface area contributed by atoms with E-state index in [1.165, 1.54) is 41.3 Å². The molecule has 2 aromatic carbocycles. The monoisotopic (exact) mass is 395 g/mol. The highest BCUT2D eigenvalue weighted by Crippen LogP contribution is 2.38. The Morgan fingerprint density at radius 2 is 1.66 bits per heavy atom. The van der Waals surface area contributed by atoms with Crippen LogP contribution in [0.3, 0.4) is 0 Å². The molecule has 2 amide bonds. The Labute approximate surface area is 168 Å². The van der Waals surface area contributed by atoms with E-state index in [4.69, 9.17) is 5.73 Å². The number of amidine groups is 1. The summed E-state index contributed by atoms with van der Waals surface area (Å²) in [5.41, 5.74) is 5.33. The fraction of sp³-hybridized carbons (Fsp3) is 0.273. The van der Waals surface area contributed by atoms with Gasteiger partial charge in [0.2, 0.25) is 5.91 Å². The van der Waals surface area contributed by atoms with Gasteiger partial charge in [-0.2, -0.15) is 0 Å². The molecule has 1 aliphatic rings. The van der Waals surface area contributed by atoms with Crippen molar-refractivity contribution >= 4 is 23.4 Å². The van der Waals surface area contributed by atoms with E-state index in [0.717, 1.165) is 0 Å². The maximum atomic E-state index is 13.4. The van der Waals surface area contributed by atoms with Gasteiger partial charge >= 0.3 is 0 Å². The van der Waals surface area contributed by atoms with Crippen LogP contribution in [0, 0.1) is 5.82 Å². The Bertz CT molecular complexity index is 983. The molecule has 1 heterocycles. The summed E-state index contributed by atoms with van der Waals surface area (Å²) < 4.78 is 13.4. The van der Waals surface area contributed by atoms with Crippen molar-refractivity contribution in [2.75, 3.05) is 6.54 Å². The quantitative estimate of drug-likeness (QED) is 0.730. The predicted octanol–water partition coefficient (Wildman–Crippen LogP) is 3.06. The molecule has 2 N–H and O–H groups in total. The molecule has 0 aliphatic carbocycles. The first-order valence-corrected chi connectivity index (χ1v) is 9.36. The number of aliphatic imine (C=N–C) groups is 1. The third-order valence-corrected chi connectivity index (χ3v) is 5.07. The molecule has 2 aromatic rings. The van der Waals surface area contributed by atoms with Crippen LogP contribution in [0.4, 0.5) is 4.39 Å². The molecule has 1 atom stereocenters. The second kappa shape index (κ2) is 7.95. The molecule has 0 bridgehead atoms. The summed E-state index contributed by atoms with van der Waals surface area (Å²) in [6, 6.07) is 11.7. The Morgan fingerprint density at radius 3 is 2.21 bits per heavy atom. The van der Waals surface area contributed by atoms with Crippen molar-refractivity contribution in [2.45, 2.75) is 32.2 Å². The number of hydrogen-bond donors (Lipinski definition) is 1. The van der Waals surface area contributed by atoms with Crippen molar-refractivity contribution in [2.24, 2.45) is 10.7 Å². The number of ketones is 1. The molecular formula is C22H22FN3O3. The predicted molar refractivity (Wildman–Crippen MR) is 107 cm³/mol. The second-order valence-electron chi connectivity index (χ2n) is 7.03. The first-order valence-electron chi connectivity index (χ1n) is 9.36. The first-order chi connectivity index (χ1) is 13.8. The fourth-order valence-electron chi connectivity index (χ4n) is 3.58. The van der Waals surface area contributed by atoms with Gasteiger partial charge in [0, 0.05) is 11.1 Å². The summed E-state index contributed by atoms with van der Waals surface area (Å²) in [7, 11) is 0. The Balaban J connectivity index is 1.86. The van der Waals surface area contributed by atoms with Gasteiger partial charge in [-0.05, 0) is 43.2 Å². The summed E-state index contributed by atoms with van der Waals surface area (Å²) in [4.78, 5) is 43.2. The topological polar surface area (TPSA) is 92.8 Å². The summed E-state index contributed by atoms with van der Waals surface area (Å²) in [5, 5.41) is 0. The van der Waals surface area contributed by atoms with Crippen molar-refractivity contribution in [1.82, 2.24) is 4.90 Å². The normalized spacial score (nSPS) is 18.7. The Kier molecular flexibility index (Phi) is 5.59. The van der Waals surface area contributed by atoms with E-state index < -0.39 is 17.3 Å². The van der Waals surface area contributed by atoms with Gasteiger partial charge in [-0.3, -0.25) is 24.3 Å². The lowest BCUT2D eigenvalue weighted by Gasteiger charge is -2.26. The lowest BCUT2D eigenvalue weighted by Crippen LogP contribution is -2.43. The molecule has 6 nitrogen and oxygen atoms in total. The summed E-state index contributed by atoms with van der Waals surface area (Å²) in [6.45, 7) is 3.45. The van der Waals surface area contributed by atoms with E-state index in [2.05, 4.69) is 4.99 Å². The smallest absolute Gasteiger partial charge is 0.260 e. The molecule has 0 radical (unpaired) electrons. The molecule has 150 valence electrons. The molecule has 7 heteroatoms. The number of Topliss-reactive ketones (excluding diaryl/α,β-unsaturated/α-hetero) is 1. The maximum Gasteiger partial charge on any atom is 0.260 e. The lowest BCUT2D eigenvalue weighted by atomic mass is 9.85. The van der Waals surface area contributed by atoms with Crippen LogP contribution < -0.4 is 5.73 Å². The molecule has 3 rings (SSSR count). The number of hydrogen-bond acceptors (Lipinski definition) is 4. The number of rotatable bonds is 7. The van der Waals surface area contributed by atoms with Crippen LogP contribution in [0.25, 0.3) is 0 Å². The van der Waals surface area contributed by atoms with Crippen LogP contribution >= 0.6 is 0 Å². The Hall–Kier alpha value is -3.35. The molecule has 0 fully saturated rings. The van der Waals surface area contributed by atoms with E-state index in [-0.39, 0.29) is 18.2 Å². The number of amides is 2. The third-order valence-electron chi connectivity index (χ3n) is 5.07. The summed E-state index contributed by atoms with van der Waals surface area (Å²) in [5.74, 6) is -1.11. The average Bonchev–Trinajstić information content (AvgIpc) is 2.94. The summed E-state index contributed by atoms with van der Waals surface area (Å²) in [6.07, 6.45) is 1.14. The van der Waals surface area contributed by atoms with Gasteiger partial charge in [0.05, 0.1) is 6.54 Å². The number of halogens is 1. The maximum absolute atomic E-state index is 13.4.